The van der Waals surface area contributed by atoms with Crippen molar-refractivity contribution >= 4 is 17.4 Å². The topological polar surface area (TPSA) is 67.8 Å². The normalized spacial score (nSPS) is 16.6. The van der Waals surface area contributed by atoms with Crippen LogP contribution in [-0.2, 0) is 11.2 Å². The third-order valence-corrected chi connectivity index (χ3v) is 4.86. The van der Waals surface area contributed by atoms with E-state index in [1.807, 2.05) is 44.0 Å². The van der Waals surface area contributed by atoms with Crippen LogP contribution < -0.4 is 19.3 Å². The molecule has 0 saturated carbocycles. The second-order valence-corrected chi connectivity index (χ2v) is 6.61. The highest BCUT2D eigenvalue weighted by Crippen LogP contribution is 2.32. The Kier molecular flexibility index (Phi) is 5.48. The highest BCUT2D eigenvalue weighted by atomic mass is 16.5. The predicted molar refractivity (Wildman–Crippen MR) is 105 cm³/mol. The first-order chi connectivity index (χ1) is 13.0. The van der Waals surface area contributed by atoms with Gasteiger partial charge < -0.3 is 19.3 Å². The van der Waals surface area contributed by atoms with Gasteiger partial charge in [0.2, 0.25) is 5.91 Å². The zero-order valence-electron chi connectivity index (χ0n) is 16.5. The second kappa shape index (κ2) is 7.82. The lowest BCUT2D eigenvalue weighted by Gasteiger charge is -2.25. The molecule has 2 heterocycles. The van der Waals surface area contributed by atoms with Crippen LogP contribution in [0.3, 0.4) is 0 Å². The Hall–Kier alpha value is -2.83. The number of nitrogens with zero attached hydrogens (tertiary/aromatic N) is 4. The maximum absolute atomic E-state index is 13.1. The fraction of sp³-hybridized carbons (Fsp3) is 0.450. The number of aromatic nitrogens is 2. The van der Waals surface area contributed by atoms with Gasteiger partial charge in [-0.25, -0.2) is 9.97 Å². The van der Waals surface area contributed by atoms with Crippen molar-refractivity contribution in [3.05, 3.63) is 35.8 Å². The van der Waals surface area contributed by atoms with Crippen molar-refractivity contribution in [3.8, 4) is 11.5 Å². The second-order valence-electron chi connectivity index (χ2n) is 6.61. The highest BCUT2D eigenvalue weighted by Gasteiger charge is 2.36. The number of anilines is 2. The number of amides is 1. The Bertz CT molecular complexity index is 818. The van der Waals surface area contributed by atoms with Gasteiger partial charge in [-0.15, -0.1) is 0 Å². The maximum Gasteiger partial charge on any atom is 0.249 e. The Labute approximate surface area is 159 Å². The van der Waals surface area contributed by atoms with Gasteiger partial charge in [-0.2, -0.15) is 0 Å². The van der Waals surface area contributed by atoms with Gasteiger partial charge in [0.1, 0.15) is 29.2 Å². The standard InChI is InChI=1S/C20H26N4O3/c1-6-18-21-13(2)9-19(22-18)23(3)17-7-8-24(20(17)25)14-10-15(26-4)12-16(11-14)27-5/h9-12,17H,6-8H2,1-5H3. The third-order valence-electron chi connectivity index (χ3n) is 4.86. The quantitative estimate of drug-likeness (QED) is 0.779. The number of ether oxygens (including phenoxy) is 2. The van der Waals surface area contributed by atoms with Crippen LogP contribution in [0.1, 0.15) is 24.9 Å². The monoisotopic (exact) mass is 370 g/mol. The van der Waals surface area contributed by atoms with Gasteiger partial charge in [-0.3, -0.25) is 4.79 Å². The Morgan fingerprint density at radius 1 is 1.15 bits per heavy atom. The zero-order chi connectivity index (χ0) is 19.6. The number of benzene rings is 1. The smallest absolute Gasteiger partial charge is 0.249 e. The summed E-state index contributed by atoms with van der Waals surface area (Å²) < 4.78 is 10.7. The minimum absolute atomic E-state index is 0.0436. The molecule has 0 N–H and O–H groups in total. The number of aryl methyl sites for hydroxylation is 2. The van der Waals surface area contributed by atoms with E-state index < -0.39 is 0 Å². The van der Waals surface area contributed by atoms with Crippen molar-refractivity contribution < 1.29 is 14.3 Å². The number of hydrogen-bond donors (Lipinski definition) is 0. The summed E-state index contributed by atoms with van der Waals surface area (Å²) in [4.78, 5) is 25.9. The molecular weight excluding hydrogens is 344 g/mol. The van der Waals surface area contributed by atoms with E-state index >= 15 is 0 Å². The first-order valence-corrected chi connectivity index (χ1v) is 9.08. The molecule has 7 nitrogen and oxygen atoms in total. The van der Waals surface area contributed by atoms with Gasteiger partial charge in [-0.05, 0) is 13.3 Å². The summed E-state index contributed by atoms with van der Waals surface area (Å²) in [5.74, 6) is 2.93. The van der Waals surface area contributed by atoms with E-state index in [9.17, 15) is 4.79 Å². The highest BCUT2D eigenvalue weighted by molar-refractivity contribution is 6.01. The van der Waals surface area contributed by atoms with Crippen LogP contribution in [0.25, 0.3) is 0 Å². The number of carbonyl (C=O) groups excluding carboxylic acids is 1. The van der Waals surface area contributed by atoms with Crippen LogP contribution >= 0.6 is 0 Å². The summed E-state index contributed by atoms with van der Waals surface area (Å²) in [6.07, 6.45) is 1.48. The van der Waals surface area contributed by atoms with E-state index in [-0.39, 0.29) is 11.9 Å². The fourth-order valence-electron chi connectivity index (χ4n) is 3.34. The molecule has 1 saturated heterocycles. The molecule has 0 spiro atoms. The molecule has 3 rings (SSSR count). The lowest BCUT2D eigenvalue weighted by molar-refractivity contribution is -0.118. The van der Waals surface area contributed by atoms with Gasteiger partial charge in [-0.1, -0.05) is 6.92 Å². The maximum atomic E-state index is 13.1. The molecule has 1 amide bonds. The summed E-state index contributed by atoms with van der Waals surface area (Å²) in [5.41, 5.74) is 1.68. The van der Waals surface area contributed by atoms with Crippen molar-refractivity contribution in [1.82, 2.24) is 9.97 Å². The molecule has 0 radical (unpaired) electrons. The first-order valence-electron chi connectivity index (χ1n) is 9.08. The first kappa shape index (κ1) is 18.9. The van der Waals surface area contributed by atoms with Crippen molar-refractivity contribution in [3.63, 3.8) is 0 Å². The summed E-state index contributed by atoms with van der Waals surface area (Å²) in [6.45, 7) is 4.61. The largest absolute Gasteiger partial charge is 0.497 e. The predicted octanol–water partition coefficient (Wildman–Crippen LogP) is 2.61. The van der Waals surface area contributed by atoms with E-state index in [0.29, 0.717) is 18.0 Å². The Morgan fingerprint density at radius 3 is 2.41 bits per heavy atom. The molecular formula is C20H26N4O3. The Balaban J connectivity index is 1.85. The SMILES string of the molecule is CCc1nc(C)cc(N(C)C2CCN(c3cc(OC)cc(OC)c3)C2=O)n1. The van der Waals surface area contributed by atoms with E-state index in [4.69, 9.17) is 9.47 Å². The Morgan fingerprint density at radius 2 is 1.81 bits per heavy atom. The lowest BCUT2D eigenvalue weighted by atomic mass is 10.2. The molecule has 7 heteroatoms. The van der Waals surface area contributed by atoms with Crippen LogP contribution in [0.5, 0.6) is 11.5 Å². The van der Waals surface area contributed by atoms with Crippen molar-refractivity contribution in [1.29, 1.82) is 0 Å². The summed E-state index contributed by atoms with van der Waals surface area (Å²) in [7, 11) is 5.12. The minimum atomic E-state index is -0.263. The number of hydrogen-bond acceptors (Lipinski definition) is 6. The molecule has 1 aliphatic rings. The van der Waals surface area contributed by atoms with Crippen molar-refractivity contribution in [2.24, 2.45) is 0 Å². The average Bonchev–Trinajstić information content (AvgIpc) is 3.07. The molecule has 1 aromatic heterocycles. The van der Waals surface area contributed by atoms with Crippen LogP contribution in [0, 0.1) is 6.92 Å². The van der Waals surface area contributed by atoms with E-state index in [1.165, 1.54) is 0 Å². The molecule has 27 heavy (non-hydrogen) atoms. The molecule has 2 aromatic rings. The van der Waals surface area contributed by atoms with Gasteiger partial charge in [0, 0.05) is 50.0 Å². The molecule has 0 aliphatic carbocycles. The molecule has 1 unspecified atom stereocenters. The number of carbonyl (C=O) groups is 1. The van der Waals surface area contributed by atoms with Crippen LogP contribution in [0.2, 0.25) is 0 Å². The number of methoxy groups -OCH3 is 2. The molecule has 1 aliphatic heterocycles. The van der Waals surface area contributed by atoms with E-state index in [1.54, 1.807) is 25.2 Å². The summed E-state index contributed by atoms with van der Waals surface area (Å²) >= 11 is 0. The molecule has 144 valence electrons. The van der Waals surface area contributed by atoms with Crippen LogP contribution in [0.15, 0.2) is 24.3 Å². The molecule has 1 fully saturated rings. The van der Waals surface area contributed by atoms with Crippen LogP contribution in [0.4, 0.5) is 11.5 Å². The summed E-state index contributed by atoms with van der Waals surface area (Å²) in [5, 5.41) is 0. The lowest BCUT2D eigenvalue weighted by Crippen LogP contribution is -2.40. The van der Waals surface area contributed by atoms with Crippen molar-refractivity contribution in [2.75, 3.05) is 37.6 Å². The van der Waals surface area contributed by atoms with Crippen LogP contribution in [-0.4, -0.2) is 49.7 Å². The number of likely N-dealkylation sites (N-methyl/N-ethyl adjacent to an activating group) is 1. The van der Waals surface area contributed by atoms with Gasteiger partial charge in [0.05, 0.1) is 19.9 Å². The number of rotatable bonds is 6. The minimum Gasteiger partial charge on any atom is -0.497 e. The third kappa shape index (κ3) is 3.82. The average molecular weight is 370 g/mol. The van der Waals surface area contributed by atoms with Crippen molar-refractivity contribution in [2.45, 2.75) is 32.7 Å². The van der Waals surface area contributed by atoms with Gasteiger partial charge in [0.15, 0.2) is 0 Å². The molecule has 1 aromatic carbocycles. The van der Waals surface area contributed by atoms with Gasteiger partial charge >= 0.3 is 0 Å². The fourth-order valence-corrected chi connectivity index (χ4v) is 3.34. The zero-order valence-corrected chi connectivity index (χ0v) is 16.5. The van der Waals surface area contributed by atoms with Gasteiger partial charge in [0.25, 0.3) is 0 Å². The molecule has 1 atom stereocenters. The summed E-state index contributed by atoms with van der Waals surface area (Å²) in [6, 6.07) is 7.16. The van der Waals surface area contributed by atoms with E-state index in [2.05, 4.69) is 9.97 Å². The molecule has 0 bridgehead atoms. The van der Waals surface area contributed by atoms with E-state index in [0.717, 1.165) is 35.9 Å².